The van der Waals surface area contributed by atoms with E-state index >= 15 is 0 Å². The molecule has 0 bridgehead atoms. The van der Waals surface area contributed by atoms with Crippen LogP contribution in [0.25, 0.3) is 28.0 Å². The quantitative estimate of drug-likeness (QED) is 0.254. The number of fused-ring (bicyclic) bond motifs is 5. The highest BCUT2D eigenvalue weighted by molar-refractivity contribution is 6.49. The summed E-state index contributed by atoms with van der Waals surface area (Å²) in [5.41, 5.74) is 6.47. The second-order valence-corrected chi connectivity index (χ2v) is 11.5. The van der Waals surface area contributed by atoms with E-state index < -0.39 is 4.33 Å². The van der Waals surface area contributed by atoms with Crippen molar-refractivity contribution in [3.63, 3.8) is 0 Å². The van der Waals surface area contributed by atoms with Gasteiger partial charge >= 0.3 is 0 Å². The van der Waals surface area contributed by atoms with E-state index in [0.29, 0.717) is 11.8 Å². The van der Waals surface area contributed by atoms with Crippen molar-refractivity contribution >= 4 is 40.1 Å². The van der Waals surface area contributed by atoms with Gasteiger partial charge in [0, 0.05) is 5.92 Å². The first-order valence-electron chi connectivity index (χ1n) is 12.3. The minimum absolute atomic E-state index is 0.107. The molecule has 0 radical (unpaired) electrons. The van der Waals surface area contributed by atoms with Crippen LogP contribution in [0.5, 0.6) is 0 Å². The van der Waals surface area contributed by atoms with E-state index in [1.54, 1.807) is 0 Å². The predicted octanol–water partition coefficient (Wildman–Crippen LogP) is 9.45. The van der Waals surface area contributed by atoms with Crippen molar-refractivity contribution in [3.05, 3.63) is 114 Å². The monoisotopic (exact) mass is 482 g/mol. The molecule has 1 saturated carbocycles. The van der Waals surface area contributed by atoms with Gasteiger partial charge in [-0.1, -0.05) is 97.1 Å². The van der Waals surface area contributed by atoms with Crippen LogP contribution in [0.4, 0.5) is 0 Å². The molecule has 6 rings (SSSR count). The number of halogens is 2. The van der Waals surface area contributed by atoms with E-state index in [9.17, 15) is 0 Å². The Morgan fingerprint density at radius 3 is 2.24 bits per heavy atom. The summed E-state index contributed by atoms with van der Waals surface area (Å²) >= 11 is 14.5. The van der Waals surface area contributed by atoms with E-state index in [0.717, 1.165) is 25.7 Å². The third-order valence-electron chi connectivity index (χ3n) is 7.78. The maximum absolute atomic E-state index is 7.23. The second kappa shape index (κ2) is 8.91. The van der Waals surface area contributed by atoms with Gasteiger partial charge < -0.3 is 0 Å². The average Bonchev–Trinajstić information content (AvgIpc) is 2.87. The number of alkyl halides is 2. The molecule has 0 aliphatic heterocycles. The van der Waals surface area contributed by atoms with Gasteiger partial charge in [-0.3, -0.25) is 0 Å². The minimum atomic E-state index is -0.778. The number of hydrogen-bond donors (Lipinski definition) is 0. The Hall–Kier alpha value is -2.54. The molecule has 3 unspecified atom stereocenters. The number of benzene rings is 4. The molecule has 0 N–H and O–H groups in total. The molecule has 2 aliphatic carbocycles. The van der Waals surface area contributed by atoms with Crippen LogP contribution in [0, 0.1) is 11.8 Å². The van der Waals surface area contributed by atoms with Gasteiger partial charge in [0.15, 0.2) is 0 Å². The van der Waals surface area contributed by atoms with Gasteiger partial charge in [-0.15, -0.1) is 23.2 Å². The first-order valence-corrected chi connectivity index (χ1v) is 13.1. The van der Waals surface area contributed by atoms with E-state index in [1.165, 1.54) is 38.6 Å². The number of hydrogen-bond acceptors (Lipinski definition) is 0. The number of rotatable bonds is 4. The lowest BCUT2D eigenvalue weighted by atomic mass is 9.65. The minimum Gasteiger partial charge on any atom is -0.101 e. The second-order valence-electron chi connectivity index (χ2n) is 9.93. The molecule has 0 heterocycles. The summed E-state index contributed by atoms with van der Waals surface area (Å²) in [5.74, 6) is 0.995. The smallest absolute Gasteiger partial charge is 0.101 e. The van der Waals surface area contributed by atoms with Gasteiger partial charge in [0.25, 0.3) is 0 Å². The highest BCUT2D eigenvalue weighted by Gasteiger charge is 2.48. The van der Waals surface area contributed by atoms with Crippen molar-refractivity contribution in [1.29, 1.82) is 0 Å². The van der Waals surface area contributed by atoms with Crippen molar-refractivity contribution in [3.8, 4) is 11.1 Å². The van der Waals surface area contributed by atoms with E-state index in [-0.39, 0.29) is 5.92 Å². The molecule has 170 valence electrons. The molecule has 4 aromatic carbocycles. The van der Waals surface area contributed by atoms with Crippen LogP contribution in [0.3, 0.4) is 0 Å². The largest absolute Gasteiger partial charge is 0.126 e. The molecule has 0 nitrogen and oxygen atoms in total. The molecular weight excluding hydrogens is 455 g/mol. The lowest BCUT2D eigenvalue weighted by Gasteiger charge is -2.46. The van der Waals surface area contributed by atoms with E-state index in [1.807, 2.05) is 0 Å². The maximum atomic E-state index is 7.23. The first kappa shape index (κ1) is 22.0. The lowest BCUT2D eigenvalue weighted by Crippen LogP contribution is -2.39. The zero-order chi connectivity index (χ0) is 23.1. The van der Waals surface area contributed by atoms with Gasteiger partial charge in [-0.05, 0) is 82.2 Å². The summed E-state index contributed by atoms with van der Waals surface area (Å²) in [6.07, 6.45) is 8.90. The zero-order valence-electron chi connectivity index (χ0n) is 19.1. The Morgan fingerprint density at radius 1 is 0.794 bits per heavy atom. The highest BCUT2D eigenvalue weighted by atomic mass is 35.5. The van der Waals surface area contributed by atoms with Crippen LogP contribution in [0.15, 0.2) is 97.1 Å². The molecular formula is C32H28Cl2. The molecule has 3 atom stereocenters. The Balaban J connectivity index is 1.39. The fourth-order valence-electron chi connectivity index (χ4n) is 6.25. The van der Waals surface area contributed by atoms with Gasteiger partial charge in [-0.25, -0.2) is 0 Å². The van der Waals surface area contributed by atoms with Crippen LogP contribution in [0.2, 0.25) is 0 Å². The van der Waals surface area contributed by atoms with Crippen molar-refractivity contribution in [2.45, 2.75) is 35.9 Å². The summed E-state index contributed by atoms with van der Waals surface area (Å²) in [4.78, 5) is 0. The van der Waals surface area contributed by atoms with Gasteiger partial charge in [0.2, 0.25) is 0 Å². The molecule has 34 heavy (non-hydrogen) atoms. The summed E-state index contributed by atoms with van der Waals surface area (Å²) in [7, 11) is 0. The standard InChI is InChI=1S/C32H28Cl2/c33-32(34)21-23(16-15-22-9-3-1-4-10-22)19-25-17-18-28-26-13-7-8-14-27(26)29(20-30(28)31(25)32)24-11-5-2-6-12-24/h1-14,17-18,20,23,25,31H,15-16,19,21H2. The molecule has 1 fully saturated rings. The highest BCUT2D eigenvalue weighted by Crippen LogP contribution is 2.57. The molecule has 0 amide bonds. The fourth-order valence-corrected chi connectivity index (χ4v) is 7.25. The molecule has 0 spiro atoms. The van der Waals surface area contributed by atoms with Crippen molar-refractivity contribution in [2.75, 3.05) is 0 Å². The molecule has 4 aromatic rings. The molecule has 2 aliphatic rings. The molecule has 0 aromatic heterocycles. The normalized spacial score (nSPS) is 22.8. The Bertz CT molecular complexity index is 1340. The predicted molar refractivity (Wildman–Crippen MR) is 147 cm³/mol. The first-order chi connectivity index (χ1) is 16.6. The van der Waals surface area contributed by atoms with Gasteiger partial charge in [0.05, 0.1) is 0 Å². The average molecular weight is 483 g/mol. The Morgan fingerprint density at radius 2 is 1.47 bits per heavy atom. The van der Waals surface area contributed by atoms with Gasteiger partial charge in [0.1, 0.15) is 4.33 Å². The summed E-state index contributed by atoms with van der Waals surface area (Å²) < 4.78 is -0.778. The SMILES string of the molecule is ClC1(Cl)CC(CCc2ccccc2)CC2C=Cc3c(cc(-c4ccccc4)c4ccccc34)C21. The third-order valence-corrected chi connectivity index (χ3v) is 8.56. The van der Waals surface area contributed by atoms with E-state index in [2.05, 4.69) is 103 Å². The molecule has 0 saturated heterocycles. The van der Waals surface area contributed by atoms with Crippen LogP contribution >= 0.6 is 23.2 Å². The lowest BCUT2D eigenvalue weighted by molar-refractivity contribution is 0.243. The summed E-state index contributed by atoms with van der Waals surface area (Å²) in [6.45, 7) is 0. The van der Waals surface area contributed by atoms with Crippen molar-refractivity contribution in [2.24, 2.45) is 11.8 Å². The van der Waals surface area contributed by atoms with Crippen LogP contribution in [-0.4, -0.2) is 4.33 Å². The third kappa shape index (κ3) is 3.98. The van der Waals surface area contributed by atoms with Crippen LogP contribution < -0.4 is 0 Å². The van der Waals surface area contributed by atoms with Crippen LogP contribution in [0.1, 0.15) is 41.9 Å². The van der Waals surface area contributed by atoms with Crippen LogP contribution in [-0.2, 0) is 6.42 Å². The Labute approximate surface area is 212 Å². The number of aryl methyl sites for hydroxylation is 1. The maximum Gasteiger partial charge on any atom is 0.126 e. The van der Waals surface area contributed by atoms with Crippen molar-refractivity contribution in [1.82, 2.24) is 0 Å². The fraction of sp³-hybridized carbons (Fsp3) is 0.250. The van der Waals surface area contributed by atoms with Gasteiger partial charge in [-0.2, -0.15) is 0 Å². The Kier molecular flexibility index (Phi) is 5.76. The summed E-state index contributed by atoms with van der Waals surface area (Å²) in [5, 5.41) is 2.56. The number of allylic oxidation sites excluding steroid dienone is 1. The summed E-state index contributed by atoms with van der Waals surface area (Å²) in [6, 6.07) is 32.5. The zero-order valence-corrected chi connectivity index (χ0v) is 20.6. The van der Waals surface area contributed by atoms with E-state index in [4.69, 9.17) is 23.2 Å². The van der Waals surface area contributed by atoms with Crippen molar-refractivity contribution < 1.29 is 0 Å². The molecule has 2 heteroatoms. The topological polar surface area (TPSA) is 0 Å².